The fourth-order valence-corrected chi connectivity index (χ4v) is 2.40. The first-order valence-corrected chi connectivity index (χ1v) is 7.77. The van der Waals surface area contributed by atoms with Crippen molar-refractivity contribution in [3.63, 3.8) is 0 Å². The van der Waals surface area contributed by atoms with E-state index < -0.39 is 12.0 Å². The van der Waals surface area contributed by atoms with Crippen molar-refractivity contribution in [2.75, 3.05) is 7.11 Å². The molecule has 0 aliphatic rings. The molecule has 0 unspecified atom stereocenters. The van der Waals surface area contributed by atoms with Gasteiger partial charge in [0.1, 0.15) is 11.8 Å². The summed E-state index contributed by atoms with van der Waals surface area (Å²) in [6.07, 6.45) is 1.02. The van der Waals surface area contributed by atoms with Gasteiger partial charge in [-0.15, -0.1) is 0 Å². The number of benzene rings is 2. The Kier molecular flexibility index (Phi) is 6.37. The Hall–Kier alpha value is -2.82. The molecule has 2 N–H and O–H groups in total. The normalized spacial score (nSPS) is 11.5. The van der Waals surface area contributed by atoms with E-state index in [2.05, 4.69) is 5.32 Å². The van der Waals surface area contributed by atoms with E-state index in [1.54, 1.807) is 7.11 Å². The van der Waals surface area contributed by atoms with Crippen LogP contribution >= 0.6 is 0 Å². The second kappa shape index (κ2) is 8.72. The molecular formula is C19H21NO4. The summed E-state index contributed by atoms with van der Waals surface area (Å²) in [5.41, 5.74) is 1.84. The molecule has 0 radical (unpaired) electrons. The Labute approximate surface area is 141 Å². The molecule has 0 aliphatic carbocycles. The molecule has 0 aliphatic heterocycles. The lowest BCUT2D eigenvalue weighted by Gasteiger charge is -2.14. The fourth-order valence-electron chi connectivity index (χ4n) is 2.40. The molecule has 1 atom stereocenters. The largest absolute Gasteiger partial charge is 0.497 e. The number of carboxylic acids is 1. The highest BCUT2D eigenvalue weighted by atomic mass is 16.5. The summed E-state index contributed by atoms with van der Waals surface area (Å²) in [6, 6.07) is 15.8. The van der Waals surface area contributed by atoms with Crippen LogP contribution in [0.25, 0.3) is 0 Å². The molecule has 0 saturated carbocycles. The second-order valence-corrected chi connectivity index (χ2v) is 5.50. The van der Waals surface area contributed by atoms with Crippen LogP contribution in [-0.4, -0.2) is 30.1 Å². The summed E-state index contributed by atoms with van der Waals surface area (Å²) >= 11 is 0. The van der Waals surface area contributed by atoms with Crippen LogP contribution in [0.1, 0.15) is 17.5 Å². The van der Waals surface area contributed by atoms with Crippen molar-refractivity contribution in [1.29, 1.82) is 0 Å². The number of methoxy groups -OCH3 is 1. The lowest BCUT2D eigenvalue weighted by atomic mass is 10.1. The molecule has 126 valence electrons. The summed E-state index contributed by atoms with van der Waals surface area (Å²) < 4.78 is 5.15. The van der Waals surface area contributed by atoms with Gasteiger partial charge in [-0.3, -0.25) is 4.79 Å². The maximum Gasteiger partial charge on any atom is 0.326 e. The molecule has 0 aromatic heterocycles. The van der Waals surface area contributed by atoms with E-state index in [1.165, 1.54) is 0 Å². The van der Waals surface area contributed by atoms with Crippen LogP contribution in [0.4, 0.5) is 0 Å². The van der Waals surface area contributed by atoms with Gasteiger partial charge >= 0.3 is 5.97 Å². The average molecular weight is 327 g/mol. The highest BCUT2D eigenvalue weighted by Crippen LogP contribution is 2.14. The van der Waals surface area contributed by atoms with E-state index in [0.29, 0.717) is 6.42 Å². The van der Waals surface area contributed by atoms with Crippen LogP contribution in [-0.2, 0) is 22.4 Å². The van der Waals surface area contributed by atoms with E-state index in [-0.39, 0.29) is 18.7 Å². The number of ether oxygens (including phenoxy) is 1. The van der Waals surface area contributed by atoms with Crippen LogP contribution in [0.15, 0.2) is 54.6 Å². The van der Waals surface area contributed by atoms with Crippen molar-refractivity contribution in [1.82, 2.24) is 5.32 Å². The van der Waals surface area contributed by atoms with Crippen LogP contribution in [0.3, 0.4) is 0 Å². The third kappa shape index (κ3) is 5.43. The van der Waals surface area contributed by atoms with E-state index in [1.807, 2.05) is 54.6 Å². The van der Waals surface area contributed by atoms with Gasteiger partial charge < -0.3 is 15.2 Å². The van der Waals surface area contributed by atoms with E-state index >= 15 is 0 Å². The van der Waals surface area contributed by atoms with Gasteiger partial charge in [-0.1, -0.05) is 42.5 Å². The number of hydrogen-bond acceptors (Lipinski definition) is 3. The Morgan fingerprint density at radius 3 is 2.46 bits per heavy atom. The first-order valence-electron chi connectivity index (χ1n) is 7.77. The lowest BCUT2D eigenvalue weighted by molar-refractivity contribution is -0.141. The topological polar surface area (TPSA) is 75.6 Å². The first kappa shape index (κ1) is 17.5. The number of carboxylic acid groups (broad SMARTS) is 1. The monoisotopic (exact) mass is 327 g/mol. The van der Waals surface area contributed by atoms with Crippen molar-refractivity contribution in [2.24, 2.45) is 0 Å². The lowest BCUT2D eigenvalue weighted by Crippen LogP contribution is -2.42. The molecule has 0 saturated heterocycles. The van der Waals surface area contributed by atoms with E-state index in [9.17, 15) is 14.7 Å². The van der Waals surface area contributed by atoms with Crippen molar-refractivity contribution < 1.29 is 19.4 Å². The number of amides is 1. The Balaban J connectivity index is 1.89. The molecule has 0 bridgehead atoms. The van der Waals surface area contributed by atoms with Gasteiger partial charge in [0, 0.05) is 12.8 Å². The van der Waals surface area contributed by atoms with Crippen LogP contribution in [0.5, 0.6) is 5.75 Å². The van der Waals surface area contributed by atoms with Gasteiger partial charge in [0.25, 0.3) is 0 Å². The second-order valence-electron chi connectivity index (χ2n) is 5.50. The van der Waals surface area contributed by atoms with Crippen molar-refractivity contribution in [2.45, 2.75) is 25.3 Å². The third-order valence-corrected chi connectivity index (χ3v) is 3.69. The minimum absolute atomic E-state index is 0.228. The predicted octanol–water partition coefficient (Wildman–Crippen LogP) is 2.44. The summed E-state index contributed by atoms with van der Waals surface area (Å²) in [5.74, 6) is -0.574. The minimum atomic E-state index is -1.03. The van der Waals surface area contributed by atoms with Gasteiger partial charge in [0.15, 0.2) is 0 Å². The third-order valence-electron chi connectivity index (χ3n) is 3.69. The zero-order valence-corrected chi connectivity index (χ0v) is 13.6. The van der Waals surface area contributed by atoms with Crippen LogP contribution < -0.4 is 10.1 Å². The zero-order chi connectivity index (χ0) is 17.4. The van der Waals surface area contributed by atoms with Gasteiger partial charge in [-0.2, -0.15) is 0 Å². The molecule has 0 heterocycles. The molecule has 5 nitrogen and oxygen atoms in total. The zero-order valence-electron chi connectivity index (χ0n) is 13.6. The standard InChI is InChI=1S/C19H21NO4/c1-24-16-9-5-8-15(12-16)10-11-18(21)20-17(19(22)23)13-14-6-3-2-4-7-14/h2-9,12,17H,10-11,13H2,1H3,(H,20,21)(H,22,23)/t17-/m0/s1. The summed E-state index contributed by atoms with van der Waals surface area (Å²) in [5, 5.41) is 11.9. The van der Waals surface area contributed by atoms with Gasteiger partial charge in [0.05, 0.1) is 7.11 Å². The van der Waals surface area contributed by atoms with Gasteiger partial charge in [-0.25, -0.2) is 4.79 Å². The molecule has 2 aromatic rings. The predicted molar refractivity (Wildman–Crippen MR) is 91.0 cm³/mol. The molecule has 24 heavy (non-hydrogen) atoms. The summed E-state index contributed by atoms with van der Waals surface area (Å²) in [7, 11) is 1.59. The van der Waals surface area contributed by atoms with Crippen LogP contribution in [0.2, 0.25) is 0 Å². The van der Waals surface area contributed by atoms with Crippen molar-refractivity contribution in [3.8, 4) is 5.75 Å². The SMILES string of the molecule is COc1cccc(CCC(=O)N[C@@H](Cc2ccccc2)C(=O)O)c1. The van der Waals surface area contributed by atoms with Crippen molar-refractivity contribution >= 4 is 11.9 Å². The number of nitrogens with one attached hydrogen (secondary N) is 1. The number of aliphatic carboxylic acids is 1. The van der Waals surface area contributed by atoms with Gasteiger partial charge in [-0.05, 0) is 29.7 Å². The summed E-state index contributed by atoms with van der Waals surface area (Å²) in [6.45, 7) is 0. The van der Waals surface area contributed by atoms with Crippen LogP contribution in [0, 0.1) is 0 Å². The van der Waals surface area contributed by atoms with Crippen molar-refractivity contribution in [3.05, 3.63) is 65.7 Å². The average Bonchev–Trinajstić information content (AvgIpc) is 2.60. The molecule has 0 fully saturated rings. The number of hydrogen-bond donors (Lipinski definition) is 2. The molecule has 2 rings (SSSR count). The highest BCUT2D eigenvalue weighted by Gasteiger charge is 2.20. The number of aryl methyl sites for hydroxylation is 1. The number of carbonyl (C=O) groups is 2. The quantitative estimate of drug-likeness (QED) is 0.781. The minimum Gasteiger partial charge on any atom is -0.497 e. The number of carbonyl (C=O) groups excluding carboxylic acids is 1. The maximum absolute atomic E-state index is 12.1. The summed E-state index contributed by atoms with van der Waals surface area (Å²) in [4.78, 5) is 23.4. The molecule has 1 amide bonds. The van der Waals surface area contributed by atoms with E-state index in [4.69, 9.17) is 4.74 Å². The number of rotatable bonds is 8. The molecule has 0 spiro atoms. The molecule has 5 heteroatoms. The fraction of sp³-hybridized carbons (Fsp3) is 0.263. The molecular weight excluding hydrogens is 306 g/mol. The van der Waals surface area contributed by atoms with E-state index in [0.717, 1.165) is 16.9 Å². The maximum atomic E-state index is 12.1. The highest BCUT2D eigenvalue weighted by molar-refractivity contribution is 5.83. The molecule has 2 aromatic carbocycles. The smallest absolute Gasteiger partial charge is 0.326 e. The van der Waals surface area contributed by atoms with Gasteiger partial charge in [0.2, 0.25) is 5.91 Å². The Bertz CT molecular complexity index is 685. The Morgan fingerprint density at radius 2 is 1.79 bits per heavy atom. The first-order chi connectivity index (χ1) is 11.6. The Morgan fingerprint density at radius 1 is 1.08 bits per heavy atom.